The summed E-state index contributed by atoms with van der Waals surface area (Å²) in [6.07, 6.45) is 0. The number of aromatic nitrogens is 1. The number of ketones is 1. The lowest BCUT2D eigenvalue weighted by atomic mass is 10.1. The van der Waals surface area contributed by atoms with E-state index in [1.807, 2.05) is 0 Å². The van der Waals surface area contributed by atoms with E-state index in [4.69, 9.17) is 0 Å². The second kappa shape index (κ2) is 6.48. The number of rotatable bonds is 4. The summed E-state index contributed by atoms with van der Waals surface area (Å²) >= 11 is 0. The van der Waals surface area contributed by atoms with Gasteiger partial charge >= 0.3 is 0 Å². The second-order valence-electron chi connectivity index (χ2n) is 5.30. The highest BCUT2D eigenvalue weighted by Gasteiger charge is 2.20. The zero-order chi connectivity index (χ0) is 17.1. The van der Waals surface area contributed by atoms with Crippen molar-refractivity contribution in [3.05, 3.63) is 52.3 Å². The molecule has 1 aromatic carbocycles. The van der Waals surface area contributed by atoms with Crippen molar-refractivity contribution in [2.45, 2.75) is 20.8 Å². The van der Waals surface area contributed by atoms with Crippen LogP contribution in [0.3, 0.4) is 0 Å². The molecule has 1 heterocycles. The fourth-order valence-electron chi connectivity index (χ4n) is 2.58. The van der Waals surface area contributed by atoms with Crippen LogP contribution in [0.5, 0.6) is 0 Å². The number of hydrogen-bond donors (Lipinski definition) is 3. The van der Waals surface area contributed by atoms with Crippen molar-refractivity contribution in [1.29, 1.82) is 0 Å². The number of nitrogens with one attached hydrogen (secondary N) is 3. The monoisotopic (exact) mass is 313 g/mol. The Balaban J connectivity index is 2.28. The van der Waals surface area contributed by atoms with E-state index >= 15 is 0 Å². The molecule has 2 amide bonds. The molecule has 1 aromatic heterocycles. The summed E-state index contributed by atoms with van der Waals surface area (Å²) in [6, 6.07) is 6.63. The summed E-state index contributed by atoms with van der Waals surface area (Å²) < 4.78 is 0. The molecule has 0 saturated carbocycles. The van der Waals surface area contributed by atoms with Gasteiger partial charge in [0, 0.05) is 29.6 Å². The number of amides is 2. The van der Waals surface area contributed by atoms with Gasteiger partial charge in [-0.15, -0.1) is 0 Å². The van der Waals surface area contributed by atoms with Crippen LogP contribution in [0, 0.1) is 13.8 Å². The summed E-state index contributed by atoms with van der Waals surface area (Å²) in [7, 11) is 1.54. The van der Waals surface area contributed by atoms with Crippen LogP contribution in [0.2, 0.25) is 0 Å². The van der Waals surface area contributed by atoms with Gasteiger partial charge < -0.3 is 15.6 Å². The molecule has 2 aromatic rings. The third kappa shape index (κ3) is 3.31. The average Bonchev–Trinajstić information content (AvgIpc) is 2.81. The molecule has 0 unspecified atom stereocenters. The molecule has 0 saturated heterocycles. The number of anilines is 1. The number of H-pyrrole nitrogens is 1. The first-order valence-electron chi connectivity index (χ1n) is 7.18. The maximum absolute atomic E-state index is 12.4. The van der Waals surface area contributed by atoms with Crippen molar-refractivity contribution in [2.24, 2.45) is 0 Å². The van der Waals surface area contributed by atoms with Gasteiger partial charge in [0.2, 0.25) is 0 Å². The molecule has 3 N–H and O–H groups in total. The van der Waals surface area contributed by atoms with E-state index in [9.17, 15) is 14.4 Å². The zero-order valence-corrected chi connectivity index (χ0v) is 13.5. The maximum atomic E-state index is 12.4. The normalized spacial score (nSPS) is 10.3. The Bertz CT molecular complexity index is 790. The van der Waals surface area contributed by atoms with Crippen molar-refractivity contribution in [3.63, 3.8) is 0 Å². The molecule has 0 aliphatic carbocycles. The number of carbonyl (C=O) groups is 3. The van der Waals surface area contributed by atoms with Crippen LogP contribution in [0.15, 0.2) is 24.3 Å². The topological polar surface area (TPSA) is 91.1 Å². The van der Waals surface area contributed by atoms with Crippen LogP contribution < -0.4 is 10.6 Å². The molecule has 120 valence electrons. The van der Waals surface area contributed by atoms with Crippen LogP contribution in [0.1, 0.15) is 49.4 Å². The minimum Gasteiger partial charge on any atom is -0.355 e. The van der Waals surface area contributed by atoms with Gasteiger partial charge in [-0.1, -0.05) is 6.07 Å². The van der Waals surface area contributed by atoms with E-state index in [0.29, 0.717) is 33.8 Å². The molecule has 2 rings (SSSR count). The van der Waals surface area contributed by atoms with Crippen LogP contribution in [0.25, 0.3) is 0 Å². The number of benzene rings is 1. The maximum Gasteiger partial charge on any atom is 0.272 e. The van der Waals surface area contributed by atoms with E-state index < -0.39 is 0 Å². The van der Waals surface area contributed by atoms with Crippen molar-refractivity contribution >= 4 is 23.3 Å². The Hall–Kier alpha value is -2.89. The van der Waals surface area contributed by atoms with Crippen molar-refractivity contribution in [1.82, 2.24) is 10.3 Å². The predicted octanol–water partition coefficient (Wildman–Crippen LogP) is 2.45. The van der Waals surface area contributed by atoms with Gasteiger partial charge in [-0.3, -0.25) is 14.4 Å². The van der Waals surface area contributed by atoms with E-state index in [1.165, 1.54) is 6.92 Å². The van der Waals surface area contributed by atoms with Crippen molar-refractivity contribution < 1.29 is 14.4 Å². The van der Waals surface area contributed by atoms with Gasteiger partial charge in [-0.2, -0.15) is 0 Å². The number of carbonyl (C=O) groups excluding carboxylic acids is 3. The largest absolute Gasteiger partial charge is 0.355 e. The molecule has 6 nitrogen and oxygen atoms in total. The summed E-state index contributed by atoms with van der Waals surface area (Å²) in [6.45, 7) is 4.96. The molecule has 6 heteroatoms. The average molecular weight is 313 g/mol. The molecule has 0 aliphatic rings. The minimum atomic E-state index is -0.354. The quantitative estimate of drug-likeness (QED) is 0.757. The fraction of sp³-hybridized carbons (Fsp3) is 0.235. The van der Waals surface area contributed by atoms with Crippen LogP contribution in [-0.2, 0) is 0 Å². The highest BCUT2D eigenvalue weighted by Crippen LogP contribution is 2.20. The van der Waals surface area contributed by atoms with Crippen molar-refractivity contribution in [2.75, 3.05) is 12.4 Å². The molecule has 0 spiro atoms. The van der Waals surface area contributed by atoms with E-state index in [0.717, 1.165) is 0 Å². The molecule has 0 aliphatic heterocycles. The van der Waals surface area contributed by atoms with Crippen LogP contribution in [0.4, 0.5) is 5.69 Å². The summed E-state index contributed by atoms with van der Waals surface area (Å²) in [5, 5.41) is 5.27. The highest BCUT2D eigenvalue weighted by atomic mass is 16.2. The molecule has 0 atom stereocenters. The number of hydrogen-bond acceptors (Lipinski definition) is 3. The van der Waals surface area contributed by atoms with Gasteiger partial charge in [-0.25, -0.2) is 0 Å². The van der Waals surface area contributed by atoms with E-state index in [2.05, 4.69) is 15.6 Å². The standard InChI is InChI=1S/C17H19N3O3/c1-9-14(11(3)21)10(2)19-15(9)17(23)20-13-7-5-6-12(8-13)16(22)18-4/h5-8,19H,1-4H3,(H,18,22)(H,20,23). The van der Waals surface area contributed by atoms with E-state index in [1.54, 1.807) is 45.2 Å². The second-order valence-corrected chi connectivity index (χ2v) is 5.30. The first-order chi connectivity index (χ1) is 10.8. The Kier molecular flexibility index (Phi) is 4.64. The Morgan fingerprint density at radius 2 is 1.78 bits per heavy atom. The Labute approximate surface area is 134 Å². The third-order valence-corrected chi connectivity index (χ3v) is 3.63. The number of Topliss-reactive ketones (excluding diaryl/α,β-unsaturated/α-hetero) is 1. The van der Waals surface area contributed by atoms with Gasteiger partial charge in [0.15, 0.2) is 5.78 Å². The van der Waals surface area contributed by atoms with Gasteiger partial charge in [0.25, 0.3) is 11.8 Å². The first-order valence-corrected chi connectivity index (χ1v) is 7.18. The molecular formula is C17H19N3O3. The number of aryl methyl sites for hydroxylation is 1. The lowest BCUT2D eigenvalue weighted by molar-refractivity contribution is 0.0960. The predicted molar refractivity (Wildman–Crippen MR) is 88.1 cm³/mol. The van der Waals surface area contributed by atoms with Crippen LogP contribution >= 0.6 is 0 Å². The summed E-state index contributed by atoms with van der Waals surface area (Å²) in [5.74, 6) is -0.670. The molecule has 23 heavy (non-hydrogen) atoms. The summed E-state index contributed by atoms with van der Waals surface area (Å²) in [5.41, 5.74) is 3.13. The molecular weight excluding hydrogens is 294 g/mol. The van der Waals surface area contributed by atoms with E-state index in [-0.39, 0.29) is 17.6 Å². The Morgan fingerprint density at radius 1 is 1.09 bits per heavy atom. The lowest BCUT2D eigenvalue weighted by Gasteiger charge is -2.07. The van der Waals surface area contributed by atoms with Gasteiger partial charge in [0.1, 0.15) is 5.69 Å². The smallest absolute Gasteiger partial charge is 0.272 e. The molecule has 0 fully saturated rings. The number of aromatic amines is 1. The third-order valence-electron chi connectivity index (χ3n) is 3.63. The molecule has 0 radical (unpaired) electrons. The fourth-order valence-corrected chi connectivity index (χ4v) is 2.58. The highest BCUT2D eigenvalue weighted by molar-refractivity contribution is 6.08. The Morgan fingerprint density at radius 3 is 2.35 bits per heavy atom. The van der Waals surface area contributed by atoms with Crippen LogP contribution in [-0.4, -0.2) is 29.6 Å². The SMILES string of the molecule is CNC(=O)c1cccc(NC(=O)c2[nH]c(C)c(C(C)=O)c2C)c1. The lowest BCUT2D eigenvalue weighted by Crippen LogP contribution is -2.18. The van der Waals surface area contributed by atoms with Crippen molar-refractivity contribution in [3.8, 4) is 0 Å². The minimum absolute atomic E-state index is 0.0862. The summed E-state index contributed by atoms with van der Waals surface area (Å²) in [4.78, 5) is 38.6. The first kappa shape index (κ1) is 16.5. The van der Waals surface area contributed by atoms with Gasteiger partial charge in [0.05, 0.1) is 0 Å². The zero-order valence-electron chi connectivity index (χ0n) is 13.5. The molecule has 0 bridgehead atoms. The van der Waals surface area contributed by atoms with Gasteiger partial charge in [-0.05, 0) is 44.5 Å².